The summed E-state index contributed by atoms with van der Waals surface area (Å²) in [5.41, 5.74) is 0. The van der Waals surface area contributed by atoms with Crippen molar-refractivity contribution in [3.8, 4) is 5.75 Å². The summed E-state index contributed by atoms with van der Waals surface area (Å²) in [6.45, 7) is 0.997. The normalized spacial score (nSPS) is 12.1. The fourth-order valence-corrected chi connectivity index (χ4v) is 3.06. The number of hydrogen-bond acceptors (Lipinski definition) is 5. The Bertz CT molecular complexity index is 690. The van der Waals surface area contributed by atoms with Crippen molar-refractivity contribution in [3.63, 3.8) is 0 Å². The van der Waals surface area contributed by atoms with Gasteiger partial charge in [-0.1, -0.05) is 0 Å². The third-order valence-electron chi connectivity index (χ3n) is 1.90. The van der Waals surface area contributed by atoms with E-state index in [0.29, 0.717) is 0 Å². The Morgan fingerprint density at radius 2 is 1.72 bits per heavy atom. The molecule has 7 nitrogen and oxygen atoms in total. The van der Waals surface area contributed by atoms with Crippen LogP contribution in [0.4, 0.5) is 0 Å². The van der Waals surface area contributed by atoms with Gasteiger partial charge in [0, 0.05) is 13.2 Å². The minimum atomic E-state index is -4.16. The van der Waals surface area contributed by atoms with E-state index in [1.807, 2.05) is 0 Å². The quantitative estimate of drug-likeness (QED) is 0.845. The van der Waals surface area contributed by atoms with E-state index in [2.05, 4.69) is 0 Å². The van der Waals surface area contributed by atoms with Crippen molar-refractivity contribution in [1.82, 2.24) is 4.72 Å². The van der Waals surface area contributed by atoms with Gasteiger partial charge in [-0.3, -0.25) is 9.90 Å². The minimum Gasteiger partial charge on any atom is -0.289 e. The molecule has 1 aromatic carbocycles. The molecule has 0 saturated carbocycles. The van der Waals surface area contributed by atoms with Crippen LogP contribution in [0.25, 0.3) is 0 Å². The van der Waals surface area contributed by atoms with Crippen LogP contribution < -0.4 is 4.72 Å². The molecule has 1 rings (SSSR count). The first-order valence-corrected chi connectivity index (χ1v) is 7.96. The highest BCUT2D eigenvalue weighted by atomic mass is 32.2. The molecule has 0 aliphatic rings. The molecule has 0 saturated heterocycles. The maximum absolute atomic E-state index is 11.6. The Labute approximate surface area is 104 Å². The molecule has 1 radical (unpaired) electrons. The molecule has 0 atom stereocenters. The van der Waals surface area contributed by atoms with Crippen LogP contribution in [0.15, 0.2) is 28.0 Å². The van der Waals surface area contributed by atoms with Gasteiger partial charge in [0.1, 0.15) is 4.90 Å². The summed E-state index contributed by atoms with van der Waals surface area (Å²) < 4.78 is 47.4. The van der Waals surface area contributed by atoms with Crippen LogP contribution in [0, 0.1) is 0 Å². The third-order valence-corrected chi connectivity index (χ3v) is 4.45. The molecule has 1 aromatic rings. The van der Waals surface area contributed by atoms with Gasteiger partial charge in [0.25, 0.3) is 10.0 Å². The molecular weight excluding hydrogens is 282 g/mol. The van der Waals surface area contributed by atoms with Crippen LogP contribution in [0.5, 0.6) is 5.75 Å². The highest BCUT2D eigenvalue weighted by molar-refractivity contribution is 7.91. The van der Waals surface area contributed by atoms with Gasteiger partial charge in [-0.25, -0.2) is 21.6 Å². The summed E-state index contributed by atoms with van der Waals surface area (Å²) in [6.07, 6.45) is 0.790. The zero-order valence-corrected chi connectivity index (χ0v) is 11.1. The topological polar surface area (TPSA) is 117 Å². The number of benzene rings is 1. The van der Waals surface area contributed by atoms with Crippen LogP contribution in [0.2, 0.25) is 0 Å². The van der Waals surface area contributed by atoms with Gasteiger partial charge in [0.2, 0.25) is 5.91 Å². The van der Waals surface area contributed by atoms with Crippen molar-refractivity contribution in [2.45, 2.75) is 16.7 Å². The van der Waals surface area contributed by atoms with E-state index < -0.39 is 41.3 Å². The van der Waals surface area contributed by atoms with Crippen molar-refractivity contribution < 1.29 is 26.7 Å². The fourth-order valence-electron chi connectivity index (χ4n) is 1.19. The molecule has 0 heterocycles. The first-order chi connectivity index (χ1) is 8.04. The minimum absolute atomic E-state index is 0.460. The number of hydrogen-bond donors (Lipinski definition) is 1. The smallest absolute Gasteiger partial charge is 0.264 e. The molecule has 0 unspecified atom stereocenters. The Morgan fingerprint density at radius 3 is 2.17 bits per heavy atom. The molecule has 1 N–H and O–H groups in total. The molecule has 9 heteroatoms. The molecule has 0 spiro atoms. The zero-order chi connectivity index (χ0) is 14.1. The van der Waals surface area contributed by atoms with E-state index in [1.54, 1.807) is 4.72 Å². The van der Waals surface area contributed by atoms with Crippen molar-refractivity contribution >= 4 is 25.8 Å². The largest absolute Gasteiger partial charge is 0.289 e. The van der Waals surface area contributed by atoms with E-state index in [4.69, 9.17) is 0 Å². The summed E-state index contributed by atoms with van der Waals surface area (Å²) in [6, 6.07) is 2.48. The van der Waals surface area contributed by atoms with E-state index >= 15 is 0 Å². The Hall–Kier alpha value is -1.61. The number of sulfonamides is 1. The fraction of sp³-hybridized carbons (Fsp3) is 0.222. The lowest BCUT2D eigenvalue weighted by Gasteiger charge is -2.06. The van der Waals surface area contributed by atoms with Crippen LogP contribution in [-0.2, 0) is 29.8 Å². The van der Waals surface area contributed by atoms with Gasteiger partial charge in [-0.05, 0) is 18.2 Å². The van der Waals surface area contributed by atoms with Crippen molar-refractivity contribution in [2.24, 2.45) is 0 Å². The SMILES string of the molecule is CC(=O)NS(=O)(=O)c1ccc([O])c(S(C)(=O)=O)c1. The molecule has 99 valence electrons. The predicted octanol–water partition coefficient (Wildman–Crippen LogP) is 0.0587. The molecule has 0 aliphatic heterocycles. The summed E-state index contributed by atoms with van der Waals surface area (Å²) in [4.78, 5) is 9.62. The van der Waals surface area contributed by atoms with E-state index in [0.717, 1.165) is 31.4 Å². The van der Waals surface area contributed by atoms with Crippen molar-refractivity contribution in [3.05, 3.63) is 18.2 Å². The molecule has 0 fully saturated rings. The van der Waals surface area contributed by atoms with Gasteiger partial charge in [0.15, 0.2) is 15.6 Å². The average molecular weight is 292 g/mol. The van der Waals surface area contributed by atoms with Gasteiger partial charge < -0.3 is 0 Å². The number of nitrogens with one attached hydrogen (secondary N) is 1. The van der Waals surface area contributed by atoms with Gasteiger partial charge in [-0.15, -0.1) is 0 Å². The Kier molecular flexibility index (Phi) is 3.67. The summed E-state index contributed by atoms with van der Waals surface area (Å²) in [5, 5.41) is 11.3. The molecule has 1 amide bonds. The van der Waals surface area contributed by atoms with Crippen molar-refractivity contribution in [1.29, 1.82) is 0 Å². The third kappa shape index (κ3) is 3.20. The number of carbonyl (C=O) groups excluding carboxylic acids is 1. The maximum atomic E-state index is 11.6. The Balaban J connectivity index is 3.43. The molecule has 0 aromatic heterocycles. The van der Waals surface area contributed by atoms with Crippen molar-refractivity contribution in [2.75, 3.05) is 6.26 Å². The van der Waals surface area contributed by atoms with E-state index in [1.165, 1.54) is 0 Å². The molecular formula is C9H10NO6S2. The van der Waals surface area contributed by atoms with Gasteiger partial charge in [0.05, 0.1) is 4.90 Å². The highest BCUT2D eigenvalue weighted by Gasteiger charge is 2.21. The summed E-state index contributed by atoms with van der Waals surface area (Å²) in [5.74, 6) is -1.62. The molecule has 0 aliphatic carbocycles. The first-order valence-electron chi connectivity index (χ1n) is 4.58. The summed E-state index contributed by atoms with van der Waals surface area (Å²) in [7, 11) is -8.00. The van der Waals surface area contributed by atoms with Crippen LogP contribution >= 0.6 is 0 Å². The standard InChI is InChI=1S/C9H10NO6S2/c1-6(11)10-18(15,16)7-3-4-8(12)9(5-7)17(2,13)14/h3-5H,1-2H3,(H,10,11). The maximum Gasteiger partial charge on any atom is 0.264 e. The number of rotatable bonds is 3. The second-order valence-electron chi connectivity index (χ2n) is 3.54. The lowest BCUT2D eigenvalue weighted by Crippen LogP contribution is -2.28. The molecule has 0 bridgehead atoms. The monoisotopic (exact) mass is 292 g/mol. The number of amides is 1. The van der Waals surface area contributed by atoms with Crippen LogP contribution in [-0.4, -0.2) is 29.0 Å². The lowest BCUT2D eigenvalue weighted by molar-refractivity contribution is -0.117. The zero-order valence-electron chi connectivity index (χ0n) is 9.50. The predicted molar refractivity (Wildman–Crippen MR) is 60.7 cm³/mol. The molecule has 18 heavy (non-hydrogen) atoms. The van der Waals surface area contributed by atoms with Gasteiger partial charge in [-0.2, -0.15) is 0 Å². The summed E-state index contributed by atoms with van der Waals surface area (Å²) >= 11 is 0. The second kappa shape index (κ2) is 4.58. The first kappa shape index (κ1) is 14.5. The Morgan fingerprint density at radius 1 is 1.17 bits per heavy atom. The average Bonchev–Trinajstić information content (AvgIpc) is 2.13. The van der Waals surface area contributed by atoms with E-state index in [-0.39, 0.29) is 0 Å². The number of sulfone groups is 1. The van der Waals surface area contributed by atoms with Gasteiger partial charge >= 0.3 is 0 Å². The number of carbonyl (C=O) groups is 1. The van der Waals surface area contributed by atoms with E-state index in [9.17, 15) is 26.7 Å². The van der Waals surface area contributed by atoms with Crippen LogP contribution in [0.1, 0.15) is 6.92 Å². The second-order valence-corrected chi connectivity index (χ2v) is 7.21. The highest BCUT2D eigenvalue weighted by Crippen LogP contribution is 2.26. The van der Waals surface area contributed by atoms with Crippen LogP contribution in [0.3, 0.4) is 0 Å². The lowest BCUT2D eigenvalue weighted by atomic mass is 10.3.